The summed E-state index contributed by atoms with van der Waals surface area (Å²) in [4.78, 5) is 29.1. The summed E-state index contributed by atoms with van der Waals surface area (Å²) < 4.78 is 6.87. The van der Waals surface area contributed by atoms with Crippen LogP contribution in [-0.4, -0.2) is 21.9 Å². The monoisotopic (exact) mass is 296 g/mol. The Hall–Kier alpha value is -2.43. The first-order valence-corrected chi connectivity index (χ1v) is 7.58. The SMILES string of the molecule is O=C(Cn1cnc2c(c1=O)CCC2)c1ccc2c(c1)CCO2. The molecule has 112 valence electrons. The standard InChI is InChI=1S/C17H16N2O3/c20-15(11-4-5-16-12(8-11)6-7-22-16)9-19-10-18-14-3-1-2-13(14)17(19)21/h4-5,8,10H,1-3,6-7,9H2. The van der Waals surface area contributed by atoms with E-state index in [2.05, 4.69) is 4.98 Å². The fourth-order valence-corrected chi connectivity index (χ4v) is 3.18. The van der Waals surface area contributed by atoms with Crippen LogP contribution in [0, 0.1) is 0 Å². The molecule has 0 fully saturated rings. The van der Waals surface area contributed by atoms with Gasteiger partial charge in [-0.15, -0.1) is 0 Å². The largest absolute Gasteiger partial charge is 0.493 e. The Bertz CT molecular complexity index is 823. The van der Waals surface area contributed by atoms with Crippen LogP contribution in [0.2, 0.25) is 0 Å². The molecule has 1 aliphatic carbocycles. The zero-order valence-corrected chi connectivity index (χ0v) is 12.2. The number of carbonyl (C=O) groups excluding carboxylic acids is 1. The summed E-state index contributed by atoms with van der Waals surface area (Å²) >= 11 is 0. The van der Waals surface area contributed by atoms with E-state index in [1.165, 1.54) is 10.9 Å². The zero-order valence-electron chi connectivity index (χ0n) is 12.2. The number of fused-ring (bicyclic) bond motifs is 2. The zero-order chi connectivity index (χ0) is 15.1. The van der Waals surface area contributed by atoms with Gasteiger partial charge in [-0.2, -0.15) is 0 Å². The fraction of sp³-hybridized carbons (Fsp3) is 0.353. The summed E-state index contributed by atoms with van der Waals surface area (Å²) in [7, 11) is 0. The van der Waals surface area contributed by atoms with E-state index in [1.807, 2.05) is 12.1 Å². The van der Waals surface area contributed by atoms with Crippen molar-refractivity contribution in [1.82, 2.24) is 9.55 Å². The first-order valence-electron chi connectivity index (χ1n) is 7.58. The van der Waals surface area contributed by atoms with Gasteiger partial charge in [0.15, 0.2) is 5.78 Å². The molecule has 0 unspecified atom stereocenters. The Balaban J connectivity index is 1.61. The van der Waals surface area contributed by atoms with Crippen LogP contribution >= 0.6 is 0 Å². The van der Waals surface area contributed by atoms with Gasteiger partial charge in [0.2, 0.25) is 0 Å². The van der Waals surface area contributed by atoms with E-state index >= 15 is 0 Å². The highest BCUT2D eigenvalue weighted by Gasteiger charge is 2.19. The number of aryl methyl sites for hydroxylation is 1. The number of aromatic nitrogens is 2. The molecular formula is C17H16N2O3. The van der Waals surface area contributed by atoms with Gasteiger partial charge < -0.3 is 4.74 Å². The number of hydrogen-bond acceptors (Lipinski definition) is 4. The number of Topliss-reactive ketones (excluding diaryl/α,β-unsaturated/α-hetero) is 1. The molecule has 0 amide bonds. The van der Waals surface area contributed by atoms with E-state index < -0.39 is 0 Å². The summed E-state index contributed by atoms with van der Waals surface area (Å²) in [5, 5.41) is 0. The lowest BCUT2D eigenvalue weighted by atomic mass is 10.1. The third kappa shape index (κ3) is 2.13. The molecular weight excluding hydrogens is 280 g/mol. The summed E-state index contributed by atoms with van der Waals surface area (Å²) in [6.45, 7) is 0.708. The number of rotatable bonds is 3. The summed E-state index contributed by atoms with van der Waals surface area (Å²) in [6.07, 6.45) is 4.94. The average Bonchev–Trinajstić information content (AvgIpc) is 3.17. The van der Waals surface area contributed by atoms with E-state index in [4.69, 9.17) is 4.74 Å². The number of benzene rings is 1. The van der Waals surface area contributed by atoms with E-state index in [-0.39, 0.29) is 17.9 Å². The lowest BCUT2D eigenvalue weighted by Crippen LogP contribution is -2.27. The number of ketones is 1. The van der Waals surface area contributed by atoms with Crippen LogP contribution in [0.15, 0.2) is 29.3 Å². The highest BCUT2D eigenvalue weighted by molar-refractivity contribution is 5.96. The number of nitrogens with zero attached hydrogens (tertiary/aromatic N) is 2. The third-order valence-corrected chi connectivity index (χ3v) is 4.39. The molecule has 5 nitrogen and oxygen atoms in total. The van der Waals surface area contributed by atoms with Crippen LogP contribution in [0.3, 0.4) is 0 Å². The molecule has 1 aromatic carbocycles. The lowest BCUT2D eigenvalue weighted by Gasteiger charge is -2.08. The number of carbonyl (C=O) groups is 1. The van der Waals surface area contributed by atoms with Crippen molar-refractivity contribution >= 4 is 5.78 Å². The normalized spacial score (nSPS) is 15.3. The summed E-state index contributed by atoms with van der Waals surface area (Å²) in [6, 6.07) is 5.47. The second-order valence-electron chi connectivity index (χ2n) is 5.80. The lowest BCUT2D eigenvalue weighted by molar-refractivity contribution is 0.0970. The molecule has 2 aromatic rings. The Morgan fingerprint density at radius 3 is 3.09 bits per heavy atom. The molecule has 1 aliphatic heterocycles. The topological polar surface area (TPSA) is 61.2 Å². The van der Waals surface area contributed by atoms with Gasteiger partial charge in [0.05, 0.1) is 25.2 Å². The second kappa shape index (κ2) is 5.09. The van der Waals surface area contributed by atoms with Gasteiger partial charge in [-0.05, 0) is 43.0 Å². The van der Waals surface area contributed by atoms with Crippen LogP contribution in [-0.2, 0) is 25.8 Å². The fourth-order valence-electron chi connectivity index (χ4n) is 3.18. The van der Waals surface area contributed by atoms with Crippen molar-refractivity contribution in [1.29, 1.82) is 0 Å². The smallest absolute Gasteiger partial charge is 0.257 e. The van der Waals surface area contributed by atoms with Crippen LogP contribution in [0.1, 0.15) is 33.6 Å². The first kappa shape index (κ1) is 13.2. The quantitative estimate of drug-likeness (QED) is 0.806. The number of hydrogen-bond donors (Lipinski definition) is 0. The predicted molar refractivity (Wildman–Crippen MR) is 80.5 cm³/mol. The van der Waals surface area contributed by atoms with Crippen LogP contribution < -0.4 is 10.3 Å². The highest BCUT2D eigenvalue weighted by Crippen LogP contribution is 2.26. The van der Waals surface area contributed by atoms with Gasteiger partial charge in [0.1, 0.15) is 5.75 Å². The minimum atomic E-state index is -0.0726. The van der Waals surface area contributed by atoms with Crippen LogP contribution in [0.4, 0.5) is 0 Å². The van der Waals surface area contributed by atoms with Crippen molar-refractivity contribution < 1.29 is 9.53 Å². The van der Waals surface area contributed by atoms with Crippen molar-refractivity contribution in [3.63, 3.8) is 0 Å². The van der Waals surface area contributed by atoms with Crippen molar-refractivity contribution in [2.24, 2.45) is 0 Å². The molecule has 22 heavy (non-hydrogen) atoms. The van der Waals surface area contributed by atoms with Gasteiger partial charge in [0.25, 0.3) is 5.56 Å². The molecule has 2 heterocycles. The average molecular weight is 296 g/mol. The first-order chi connectivity index (χ1) is 10.7. The maximum Gasteiger partial charge on any atom is 0.257 e. The molecule has 1 aromatic heterocycles. The number of ether oxygens (including phenoxy) is 1. The molecule has 0 N–H and O–H groups in total. The summed E-state index contributed by atoms with van der Waals surface area (Å²) in [5.41, 5.74) is 3.28. The van der Waals surface area contributed by atoms with Gasteiger partial charge >= 0.3 is 0 Å². The Kier molecular flexibility index (Phi) is 3.06. The van der Waals surface area contributed by atoms with E-state index in [1.54, 1.807) is 6.07 Å². The van der Waals surface area contributed by atoms with E-state index in [9.17, 15) is 9.59 Å². The predicted octanol–water partition coefficient (Wildman–Crippen LogP) is 1.55. The van der Waals surface area contributed by atoms with Gasteiger partial charge in [-0.1, -0.05) is 0 Å². The summed E-state index contributed by atoms with van der Waals surface area (Å²) in [5.74, 6) is 0.782. The minimum absolute atomic E-state index is 0.0404. The molecule has 0 radical (unpaired) electrons. The molecule has 0 atom stereocenters. The van der Waals surface area contributed by atoms with Crippen molar-refractivity contribution in [3.05, 3.63) is 57.3 Å². The molecule has 0 saturated heterocycles. The van der Waals surface area contributed by atoms with Crippen LogP contribution in [0.25, 0.3) is 0 Å². The van der Waals surface area contributed by atoms with Gasteiger partial charge in [-0.25, -0.2) is 4.98 Å². The third-order valence-electron chi connectivity index (χ3n) is 4.39. The molecule has 0 spiro atoms. The Labute approximate surface area is 127 Å². The Morgan fingerprint density at radius 1 is 1.27 bits per heavy atom. The maximum absolute atomic E-state index is 12.4. The molecule has 0 bridgehead atoms. The van der Waals surface area contributed by atoms with E-state index in [0.29, 0.717) is 12.2 Å². The Morgan fingerprint density at radius 2 is 2.18 bits per heavy atom. The van der Waals surface area contributed by atoms with Crippen LogP contribution in [0.5, 0.6) is 5.75 Å². The maximum atomic E-state index is 12.4. The van der Waals surface area contributed by atoms with E-state index in [0.717, 1.165) is 48.3 Å². The van der Waals surface area contributed by atoms with Gasteiger partial charge in [-0.3, -0.25) is 14.2 Å². The molecule has 0 saturated carbocycles. The van der Waals surface area contributed by atoms with Crippen molar-refractivity contribution in [2.75, 3.05) is 6.61 Å². The molecule has 2 aliphatic rings. The molecule has 4 rings (SSSR count). The van der Waals surface area contributed by atoms with Crippen molar-refractivity contribution in [3.8, 4) is 5.75 Å². The van der Waals surface area contributed by atoms with Gasteiger partial charge in [0, 0.05) is 17.5 Å². The molecule has 5 heteroatoms. The minimum Gasteiger partial charge on any atom is -0.493 e. The highest BCUT2D eigenvalue weighted by atomic mass is 16.5. The van der Waals surface area contributed by atoms with Crippen molar-refractivity contribution in [2.45, 2.75) is 32.2 Å². The second-order valence-corrected chi connectivity index (χ2v) is 5.80.